The molecule has 0 bridgehead atoms. The molecule has 0 aliphatic heterocycles. The average Bonchev–Trinajstić information content (AvgIpc) is 2.71. The van der Waals surface area contributed by atoms with Gasteiger partial charge in [0.2, 0.25) is 0 Å². The normalized spacial score (nSPS) is 15.1. The van der Waals surface area contributed by atoms with Gasteiger partial charge in [0.25, 0.3) is 0 Å². The van der Waals surface area contributed by atoms with E-state index in [1.807, 2.05) is 6.20 Å². The molecular formula is C24H32NO. The van der Waals surface area contributed by atoms with E-state index >= 15 is 0 Å². The van der Waals surface area contributed by atoms with Crippen LogP contribution in [0.25, 0.3) is 11.3 Å². The van der Waals surface area contributed by atoms with Crippen LogP contribution in [0.2, 0.25) is 0 Å². The van der Waals surface area contributed by atoms with Gasteiger partial charge >= 0.3 is 0 Å². The molecule has 1 aliphatic carbocycles. The van der Waals surface area contributed by atoms with Crippen molar-refractivity contribution < 1.29 is 4.74 Å². The summed E-state index contributed by atoms with van der Waals surface area (Å²) in [7, 11) is 0. The largest absolute Gasteiger partial charge is 0.493 e. The number of aryl methyl sites for hydroxylation is 1. The van der Waals surface area contributed by atoms with Crippen molar-refractivity contribution in [3.05, 3.63) is 54.6 Å². The average molecular weight is 351 g/mol. The maximum Gasteiger partial charge on any atom is 0.119 e. The van der Waals surface area contributed by atoms with Crippen molar-refractivity contribution in [2.24, 2.45) is 5.92 Å². The van der Waals surface area contributed by atoms with Crippen LogP contribution in [0.3, 0.4) is 0 Å². The SMILES string of the molecule is CCCCCCc1ccc(-c2ccc(OCC3CC[CH]CC3)cc2)nc1. The van der Waals surface area contributed by atoms with Gasteiger partial charge in [-0.2, -0.15) is 0 Å². The zero-order chi connectivity index (χ0) is 18.0. The Morgan fingerprint density at radius 2 is 1.77 bits per heavy atom. The molecule has 1 aromatic carbocycles. The van der Waals surface area contributed by atoms with E-state index in [0.29, 0.717) is 5.92 Å². The van der Waals surface area contributed by atoms with E-state index in [9.17, 15) is 0 Å². The van der Waals surface area contributed by atoms with Gasteiger partial charge < -0.3 is 4.74 Å². The molecule has 0 spiro atoms. The van der Waals surface area contributed by atoms with Crippen LogP contribution in [-0.2, 0) is 6.42 Å². The van der Waals surface area contributed by atoms with Crippen LogP contribution in [0, 0.1) is 12.3 Å². The van der Waals surface area contributed by atoms with Gasteiger partial charge in [0.05, 0.1) is 12.3 Å². The first kappa shape index (κ1) is 18.9. The molecule has 1 fully saturated rings. The van der Waals surface area contributed by atoms with Crippen molar-refractivity contribution in [3.63, 3.8) is 0 Å². The summed E-state index contributed by atoms with van der Waals surface area (Å²) in [5.74, 6) is 1.68. The highest BCUT2D eigenvalue weighted by Gasteiger charge is 2.14. The Labute approximate surface area is 159 Å². The second kappa shape index (κ2) is 10.4. The van der Waals surface area contributed by atoms with Crippen LogP contribution in [0.5, 0.6) is 5.75 Å². The van der Waals surface area contributed by atoms with E-state index in [1.165, 1.54) is 56.9 Å². The highest BCUT2D eigenvalue weighted by atomic mass is 16.5. The Morgan fingerprint density at radius 3 is 2.46 bits per heavy atom. The molecule has 2 nitrogen and oxygen atoms in total. The Balaban J connectivity index is 1.49. The third-order valence-corrected chi connectivity index (χ3v) is 5.34. The molecule has 0 saturated heterocycles. The van der Waals surface area contributed by atoms with Crippen LogP contribution < -0.4 is 4.74 Å². The van der Waals surface area contributed by atoms with E-state index in [4.69, 9.17) is 4.74 Å². The molecule has 1 radical (unpaired) electrons. The highest BCUT2D eigenvalue weighted by molar-refractivity contribution is 5.60. The summed E-state index contributed by atoms with van der Waals surface area (Å²) < 4.78 is 5.99. The maximum atomic E-state index is 5.99. The predicted octanol–water partition coefficient (Wildman–Crippen LogP) is 6.64. The van der Waals surface area contributed by atoms with Gasteiger partial charge in [0, 0.05) is 11.8 Å². The van der Waals surface area contributed by atoms with Crippen molar-refractivity contribution in [1.82, 2.24) is 4.98 Å². The molecule has 1 aromatic heterocycles. The summed E-state index contributed by atoms with van der Waals surface area (Å²) in [5.41, 5.74) is 3.54. The van der Waals surface area contributed by atoms with E-state index in [-0.39, 0.29) is 0 Å². The molecule has 0 unspecified atom stereocenters. The van der Waals surface area contributed by atoms with Crippen LogP contribution in [0.15, 0.2) is 42.6 Å². The smallest absolute Gasteiger partial charge is 0.119 e. The van der Waals surface area contributed by atoms with Crippen molar-refractivity contribution in [1.29, 1.82) is 0 Å². The zero-order valence-electron chi connectivity index (χ0n) is 16.1. The van der Waals surface area contributed by atoms with Gasteiger partial charge in [-0.05, 0) is 86.8 Å². The molecule has 26 heavy (non-hydrogen) atoms. The first-order valence-corrected chi connectivity index (χ1v) is 10.3. The van der Waals surface area contributed by atoms with Crippen LogP contribution >= 0.6 is 0 Å². The minimum Gasteiger partial charge on any atom is -0.493 e. The second-order valence-corrected chi connectivity index (χ2v) is 7.51. The number of hydrogen-bond acceptors (Lipinski definition) is 2. The molecule has 1 heterocycles. The molecule has 2 aromatic rings. The third-order valence-electron chi connectivity index (χ3n) is 5.34. The number of nitrogens with zero attached hydrogens (tertiary/aromatic N) is 1. The maximum absolute atomic E-state index is 5.99. The van der Waals surface area contributed by atoms with Crippen LogP contribution in [-0.4, -0.2) is 11.6 Å². The number of rotatable bonds is 9. The molecule has 0 amide bonds. The Kier molecular flexibility index (Phi) is 7.54. The summed E-state index contributed by atoms with van der Waals surface area (Å²) in [6.07, 6.45) is 15.8. The highest BCUT2D eigenvalue weighted by Crippen LogP contribution is 2.25. The van der Waals surface area contributed by atoms with Crippen LogP contribution in [0.1, 0.15) is 63.9 Å². The summed E-state index contributed by atoms with van der Waals surface area (Å²) in [6.45, 7) is 3.10. The van der Waals surface area contributed by atoms with Crippen molar-refractivity contribution >= 4 is 0 Å². The Morgan fingerprint density at radius 1 is 0.962 bits per heavy atom. The number of aromatic nitrogens is 1. The monoisotopic (exact) mass is 350 g/mol. The standard InChI is InChI=1S/C24H32NO/c1-2-3-4-6-9-20-12-17-24(25-18-20)22-13-15-23(16-14-22)26-19-21-10-7-5-8-11-21/h5,12-18,21H,2-4,6-11,19H2,1H3. The fourth-order valence-corrected chi connectivity index (χ4v) is 3.60. The first-order valence-electron chi connectivity index (χ1n) is 10.3. The molecule has 0 atom stereocenters. The molecule has 0 N–H and O–H groups in total. The van der Waals surface area contributed by atoms with Gasteiger partial charge in [-0.3, -0.25) is 4.98 Å². The summed E-state index contributed by atoms with van der Waals surface area (Å²) in [6, 6.07) is 12.7. The second-order valence-electron chi connectivity index (χ2n) is 7.51. The predicted molar refractivity (Wildman–Crippen MR) is 109 cm³/mol. The quantitative estimate of drug-likeness (QED) is 0.473. The van der Waals surface area contributed by atoms with Gasteiger partial charge in [-0.15, -0.1) is 0 Å². The molecule has 2 heteroatoms. The number of ether oxygens (including phenoxy) is 1. The lowest BCUT2D eigenvalue weighted by Gasteiger charge is -2.21. The molecule has 3 rings (SSSR count). The summed E-state index contributed by atoms with van der Waals surface area (Å²) in [4.78, 5) is 4.65. The minimum atomic E-state index is 0.714. The van der Waals surface area contributed by atoms with Crippen molar-refractivity contribution in [2.75, 3.05) is 6.61 Å². The number of pyridine rings is 1. The topological polar surface area (TPSA) is 22.1 Å². The molecule has 139 valence electrons. The van der Waals surface area contributed by atoms with E-state index in [0.717, 1.165) is 30.0 Å². The van der Waals surface area contributed by atoms with Gasteiger partial charge in [-0.25, -0.2) is 0 Å². The summed E-state index contributed by atoms with van der Waals surface area (Å²) in [5, 5.41) is 0. The molecule has 1 saturated carbocycles. The van der Waals surface area contributed by atoms with E-state index < -0.39 is 0 Å². The zero-order valence-corrected chi connectivity index (χ0v) is 16.1. The van der Waals surface area contributed by atoms with Crippen molar-refractivity contribution in [3.8, 4) is 17.0 Å². The third kappa shape index (κ3) is 5.86. The van der Waals surface area contributed by atoms with Gasteiger partial charge in [-0.1, -0.05) is 32.3 Å². The lowest BCUT2D eigenvalue weighted by atomic mass is 9.90. The Bertz CT molecular complexity index is 626. The summed E-state index contributed by atoms with van der Waals surface area (Å²) >= 11 is 0. The number of benzene rings is 1. The van der Waals surface area contributed by atoms with Crippen molar-refractivity contribution in [2.45, 2.75) is 64.7 Å². The van der Waals surface area contributed by atoms with E-state index in [1.54, 1.807) is 0 Å². The van der Waals surface area contributed by atoms with E-state index in [2.05, 4.69) is 54.7 Å². The first-order chi connectivity index (χ1) is 12.8. The minimum absolute atomic E-state index is 0.714. The lowest BCUT2D eigenvalue weighted by molar-refractivity contribution is 0.221. The Hall–Kier alpha value is -1.83. The lowest BCUT2D eigenvalue weighted by Crippen LogP contribution is -2.15. The fourth-order valence-electron chi connectivity index (χ4n) is 3.60. The van der Waals surface area contributed by atoms with Gasteiger partial charge in [0.1, 0.15) is 5.75 Å². The number of hydrogen-bond donors (Lipinski definition) is 0. The molecule has 1 aliphatic rings. The van der Waals surface area contributed by atoms with Crippen LogP contribution in [0.4, 0.5) is 0 Å². The fraction of sp³-hybridized carbons (Fsp3) is 0.500. The molecular weight excluding hydrogens is 318 g/mol. The van der Waals surface area contributed by atoms with Gasteiger partial charge in [0.15, 0.2) is 0 Å². The number of unbranched alkanes of at least 4 members (excludes halogenated alkanes) is 3.